The van der Waals surface area contributed by atoms with Crippen molar-refractivity contribution in [3.05, 3.63) is 36.4 Å². The van der Waals surface area contributed by atoms with Gasteiger partial charge < -0.3 is 5.11 Å². The van der Waals surface area contributed by atoms with Crippen LogP contribution in [0.3, 0.4) is 0 Å². The van der Waals surface area contributed by atoms with Gasteiger partial charge in [-0.25, -0.2) is 4.39 Å². The average Bonchev–Trinajstić information content (AvgIpc) is 1.90. The first-order valence-corrected chi connectivity index (χ1v) is 3.45. The molecule has 0 saturated carbocycles. The fourth-order valence-electron chi connectivity index (χ4n) is 0.300. The summed E-state index contributed by atoms with van der Waals surface area (Å²) < 4.78 is 12.2. The predicted octanol–water partition coefficient (Wildman–Crippen LogP) is 3.51. The van der Waals surface area contributed by atoms with E-state index in [-0.39, 0.29) is 0 Å². The molecule has 0 bridgehead atoms. The first-order valence-electron chi connectivity index (χ1n) is 3.45. The van der Waals surface area contributed by atoms with Crippen molar-refractivity contribution < 1.29 is 9.50 Å². The molecule has 0 amide bonds. The predicted molar refractivity (Wildman–Crippen MR) is 47.1 cm³/mol. The molecular formula is C9H15FO. The van der Waals surface area contributed by atoms with E-state index < -0.39 is 11.6 Å². The van der Waals surface area contributed by atoms with Gasteiger partial charge in [-0.15, -0.1) is 0 Å². The van der Waals surface area contributed by atoms with E-state index in [1.165, 1.54) is 0 Å². The number of halogens is 1. The van der Waals surface area contributed by atoms with Crippen molar-refractivity contribution in [3.8, 4) is 0 Å². The molecule has 0 aromatic rings. The molecule has 0 radical (unpaired) electrons. The molecule has 0 atom stereocenters. The van der Waals surface area contributed by atoms with Crippen LogP contribution in [0.4, 0.5) is 4.39 Å². The van der Waals surface area contributed by atoms with Crippen LogP contribution in [-0.2, 0) is 0 Å². The van der Waals surface area contributed by atoms with E-state index in [1.54, 1.807) is 6.92 Å². The average molecular weight is 158 g/mol. The second-order valence-corrected chi connectivity index (χ2v) is 1.79. The quantitative estimate of drug-likeness (QED) is 0.481. The van der Waals surface area contributed by atoms with Crippen LogP contribution in [0.15, 0.2) is 36.4 Å². The molecule has 0 heterocycles. The van der Waals surface area contributed by atoms with E-state index in [9.17, 15) is 4.39 Å². The number of aliphatic hydroxyl groups is 1. The fourth-order valence-corrected chi connectivity index (χ4v) is 0.300. The van der Waals surface area contributed by atoms with Crippen molar-refractivity contribution in [2.75, 3.05) is 0 Å². The Labute approximate surface area is 67.6 Å². The normalized spacial score (nSPS) is 9.64. The molecule has 1 nitrogen and oxygen atoms in total. The molecule has 1 N–H and O–H groups in total. The highest BCUT2D eigenvalue weighted by atomic mass is 19.1. The molecule has 0 rings (SSSR count). The van der Waals surface area contributed by atoms with E-state index in [1.807, 2.05) is 13.8 Å². The lowest BCUT2D eigenvalue weighted by Gasteiger charge is -1.90. The van der Waals surface area contributed by atoms with Crippen LogP contribution >= 0.6 is 0 Å². The Morgan fingerprint density at radius 2 is 1.73 bits per heavy atom. The number of hydrogen-bond donors (Lipinski definition) is 1. The molecule has 0 aliphatic heterocycles. The van der Waals surface area contributed by atoms with Crippen LogP contribution in [0.1, 0.15) is 20.8 Å². The highest BCUT2D eigenvalue weighted by Gasteiger charge is 1.94. The number of hydrogen-bond acceptors (Lipinski definition) is 1. The van der Waals surface area contributed by atoms with E-state index >= 15 is 0 Å². The van der Waals surface area contributed by atoms with Crippen molar-refractivity contribution >= 4 is 0 Å². The summed E-state index contributed by atoms with van der Waals surface area (Å²) in [5.74, 6) is -1.29. The molecule has 0 aromatic heterocycles. The van der Waals surface area contributed by atoms with Gasteiger partial charge in [-0.3, -0.25) is 0 Å². The Kier molecular flexibility index (Phi) is 8.10. The molecule has 0 unspecified atom stereocenters. The SMILES string of the molecule is C=C(C)/C=C(/F)C(=C)O.CC. The second-order valence-electron chi connectivity index (χ2n) is 1.79. The van der Waals surface area contributed by atoms with Gasteiger partial charge in [0, 0.05) is 0 Å². The third-order valence-electron chi connectivity index (χ3n) is 0.649. The zero-order valence-corrected chi connectivity index (χ0v) is 7.32. The summed E-state index contributed by atoms with van der Waals surface area (Å²) in [5, 5.41) is 8.39. The van der Waals surface area contributed by atoms with Gasteiger partial charge in [0.15, 0.2) is 5.83 Å². The highest BCUT2D eigenvalue weighted by Crippen LogP contribution is 2.07. The first kappa shape index (κ1) is 12.6. The molecule has 0 aliphatic carbocycles. The van der Waals surface area contributed by atoms with Gasteiger partial charge in [0.25, 0.3) is 0 Å². The molecule has 64 valence electrons. The lowest BCUT2D eigenvalue weighted by Crippen LogP contribution is -1.77. The van der Waals surface area contributed by atoms with Crippen LogP contribution in [0.2, 0.25) is 0 Å². The van der Waals surface area contributed by atoms with Gasteiger partial charge in [0.1, 0.15) is 5.76 Å². The largest absolute Gasteiger partial charge is 0.506 e. The third kappa shape index (κ3) is 8.95. The number of allylic oxidation sites excluding steroid dienone is 3. The molecule has 0 saturated heterocycles. The minimum Gasteiger partial charge on any atom is -0.506 e. The Morgan fingerprint density at radius 3 is 1.82 bits per heavy atom. The maximum Gasteiger partial charge on any atom is 0.164 e. The number of rotatable bonds is 2. The summed E-state index contributed by atoms with van der Waals surface area (Å²) >= 11 is 0. The molecule has 2 heteroatoms. The van der Waals surface area contributed by atoms with Crippen molar-refractivity contribution in [2.45, 2.75) is 20.8 Å². The molecule has 11 heavy (non-hydrogen) atoms. The maximum atomic E-state index is 12.2. The van der Waals surface area contributed by atoms with Crippen LogP contribution in [-0.4, -0.2) is 5.11 Å². The van der Waals surface area contributed by atoms with Gasteiger partial charge in [0.2, 0.25) is 0 Å². The zero-order chi connectivity index (χ0) is 9.44. The van der Waals surface area contributed by atoms with Gasteiger partial charge in [0.05, 0.1) is 0 Å². The maximum absolute atomic E-state index is 12.2. The molecular weight excluding hydrogens is 143 g/mol. The van der Waals surface area contributed by atoms with Gasteiger partial charge in [-0.2, -0.15) is 0 Å². The van der Waals surface area contributed by atoms with Crippen LogP contribution in [0.25, 0.3) is 0 Å². The Morgan fingerprint density at radius 1 is 1.36 bits per heavy atom. The Hall–Kier alpha value is -1.05. The monoisotopic (exact) mass is 158 g/mol. The fraction of sp³-hybridized carbons (Fsp3) is 0.333. The first-order chi connectivity index (χ1) is 5.04. The van der Waals surface area contributed by atoms with Gasteiger partial charge >= 0.3 is 0 Å². The molecule has 0 aliphatic rings. The van der Waals surface area contributed by atoms with Crippen molar-refractivity contribution in [1.82, 2.24) is 0 Å². The number of aliphatic hydroxyl groups excluding tert-OH is 1. The van der Waals surface area contributed by atoms with Gasteiger partial charge in [-0.05, 0) is 13.0 Å². The Balaban J connectivity index is 0. The summed E-state index contributed by atoms with van der Waals surface area (Å²) in [4.78, 5) is 0. The standard InChI is InChI=1S/C7H9FO.C2H6/c1-5(2)4-7(8)6(3)9;1-2/h4,9H,1,3H2,2H3;1-2H3/b7-4+;. The van der Waals surface area contributed by atoms with Crippen LogP contribution < -0.4 is 0 Å². The minimum absolute atomic E-state index is 0.544. The summed E-state index contributed by atoms with van der Waals surface area (Å²) in [7, 11) is 0. The van der Waals surface area contributed by atoms with Crippen LogP contribution in [0.5, 0.6) is 0 Å². The van der Waals surface area contributed by atoms with Gasteiger partial charge in [-0.1, -0.05) is 32.6 Å². The third-order valence-corrected chi connectivity index (χ3v) is 0.649. The summed E-state index contributed by atoms with van der Waals surface area (Å²) in [6.45, 7) is 12.0. The lowest BCUT2D eigenvalue weighted by atomic mass is 10.3. The van der Waals surface area contributed by atoms with E-state index in [0.717, 1.165) is 6.08 Å². The van der Waals surface area contributed by atoms with E-state index in [4.69, 9.17) is 5.11 Å². The topological polar surface area (TPSA) is 20.2 Å². The minimum atomic E-state index is -0.734. The highest BCUT2D eigenvalue weighted by molar-refractivity contribution is 5.24. The van der Waals surface area contributed by atoms with E-state index in [0.29, 0.717) is 5.57 Å². The van der Waals surface area contributed by atoms with Crippen molar-refractivity contribution in [3.63, 3.8) is 0 Å². The summed E-state index contributed by atoms with van der Waals surface area (Å²) in [5.41, 5.74) is 0.544. The Bertz CT molecular complexity index is 168. The van der Waals surface area contributed by atoms with E-state index in [2.05, 4.69) is 13.2 Å². The van der Waals surface area contributed by atoms with Crippen molar-refractivity contribution in [2.24, 2.45) is 0 Å². The molecule has 0 fully saturated rings. The van der Waals surface area contributed by atoms with Crippen molar-refractivity contribution in [1.29, 1.82) is 0 Å². The second kappa shape index (κ2) is 7.06. The smallest absolute Gasteiger partial charge is 0.164 e. The van der Waals surface area contributed by atoms with Crippen LogP contribution in [0, 0.1) is 0 Å². The molecule has 0 spiro atoms. The summed E-state index contributed by atoms with van der Waals surface area (Å²) in [6, 6.07) is 0. The lowest BCUT2D eigenvalue weighted by molar-refractivity contribution is 0.392. The summed E-state index contributed by atoms with van der Waals surface area (Å²) in [6.07, 6.45) is 1.11. The zero-order valence-electron chi connectivity index (χ0n) is 7.32. The molecule has 0 aromatic carbocycles.